The molecule has 6 heteroatoms. The Labute approximate surface area is 112 Å². The van der Waals surface area contributed by atoms with E-state index < -0.39 is 0 Å². The highest BCUT2D eigenvalue weighted by atomic mass is 16.5. The monoisotopic (exact) mass is 259 g/mol. The Morgan fingerprint density at radius 2 is 1.84 bits per heavy atom. The second kappa shape index (κ2) is 5.60. The number of nitrogens with one attached hydrogen (secondary N) is 1. The third-order valence-corrected chi connectivity index (χ3v) is 2.68. The van der Waals surface area contributed by atoms with E-state index >= 15 is 0 Å². The first-order valence-electron chi connectivity index (χ1n) is 6.11. The molecule has 0 saturated heterocycles. The Bertz CT molecular complexity index is 585. The third-order valence-electron chi connectivity index (χ3n) is 2.68. The summed E-state index contributed by atoms with van der Waals surface area (Å²) in [5.41, 5.74) is 2.31. The van der Waals surface area contributed by atoms with Gasteiger partial charge in [0.2, 0.25) is 5.88 Å². The highest BCUT2D eigenvalue weighted by molar-refractivity contribution is 5.68. The molecule has 0 aliphatic rings. The zero-order chi connectivity index (χ0) is 13.8. The number of aryl methyl sites for hydroxylation is 1. The topological polar surface area (TPSA) is 72.8 Å². The Balaban J connectivity index is 2.61. The van der Waals surface area contributed by atoms with E-state index in [1.807, 2.05) is 20.8 Å². The quantitative estimate of drug-likeness (QED) is 0.905. The summed E-state index contributed by atoms with van der Waals surface area (Å²) in [6.07, 6.45) is 3.22. The van der Waals surface area contributed by atoms with E-state index in [0.29, 0.717) is 17.4 Å². The predicted molar refractivity (Wildman–Crippen MR) is 73.2 cm³/mol. The molecule has 2 aromatic rings. The first kappa shape index (κ1) is 13.2. The molecule has 0 amide bonds. The van der Waals surface area contributed by atoms with Crippen molar-refractivity contribution in [3.8, 4) is 17.3 Å². The molecule has 0 atom stereocenters. The molecule has 2 heterocycles. The average Bonchev–Trinajstić information content (AvgIpc) is 2.42. The van der Waals surface area contributed by atoms with Gasteiger partial charge in [0.05, 0.1) is 7.11 Å². The number of ether oxygens (including phenoxy) is 1. The maximum Gasteiger partial charge on any atom is 0.241 e. The van der Waals surface area contributed by atoms with Crippen molar-refractivity contribution < 1.29 is 4.74 Å². The van der Waals surface area contributed by atoms with Crippen molar-refractivity contribution in [3.63, 3.8) is 0 Å². The SMILES string of the molecule is CCNc1nc(C)nc(-c2nccnc2OC)c1C. The maximum absolute atomic E-state index is 5.24. The largest absolute Gasteiger partial charge is 0.479 e. The van der Waals surface area contributed by atoms with Gasteiger partial charge >= 0.3 is 0 Å². The summed E-state index contributed by atoms with van der Waals surface area (Å²) in [6, 6.07) is 0. The molecular formula is C13H17N5O. The van der Waals surface area contributed by atoms with Gasteiger partial charge in [-0.25, -0.2) is 19.9 Å². The van der Waals surface area contributed by atoms with E-state index in [0.717, 1.165) is 23.6 Å². The van der Waals surface area contributed by atoms with E-state index in [1.165, 1.54) is 0 Å². The van der Waals surface area contributed by atoms with Crippen LogP contribution in [0.25, 0.3) is 11.4 Å². The van der Waals surface area contributed by atoms with E-state index in [1.54, 1.807) is 19.5 Å². The van der Waals surface area contributed by atoms with Crippen molar-refractivity contribution in [2.24, 2.45) is 0 Å². The number of nitrogens with zero attached hydrogens (tertiary/aromatic N) is 4. The summed E-state index contributed by atoms with van der Waals surface area (Å²) in [7, 11) is 1.57. The fourth-order valence-electron chi connectivity index (χ4n) is 1.84. The Morgan fingerprint density at radius 3 is 2.53 bits per heavy atom. The molecule has 100 valence electrons. The lowest BCUT2D eigenvalue weighted by Gasteiger charge is -2.12. The van der Waals surface area contributed by atoms with Gasteiger partial charge in [-0.3, -0.25) is 0 Å². The van der Waals surface area contributed by atoms with Crippen LogP contribution >= 0.6 is 0 Å². The van der Waals surface area contributed by atoms with Gasteiger partial charge in [0.25, 0.3) is 0 Å². The van der Waals surface area contributed by atoms with Crippen LogP contribution in [0.15, 0.2) is 12.4 Å². The summed E-state index contributed by atoms with van der Waals surface area (Å²) in [5.74, 6) is 1.97. The fraction of sp³-hybridized carbons (Fsp3) is 0.385. The molecule has 0 aromatic carbocycles. The van der Waals surface area contributed by atoms with Crippen LogP contribution in [0.5, 0.6) is 5.88 Å². The van der Waals surface area contributed by atoms with Crippen LogP contribution in [0.1, 0.15) is 18.3 Å². The van der Waals surface area contributed by atoms with Gasteiger partial charge in [0, 0.05) is 24.5 Å². The molecule has 2 rings (SSSR count). The lowest BCUT2D eigenvalue weighted by atomic mass is 10.1. The first-order chi connectivity index (χ1) is 9.17. The molecule has 0 saturated carbocycles. The maximum atomic E-state index is 5.24. The lowest BCUT2D eigenvalue weighted by molar-refractivity contribution is 0.397. The number of rotatable bonds is 4. The van der Waals surface area contributed by atoms with Gasteiger partial charge in [0.15, 0.2) is 5.69 Å². The molecular weight excluding hydrogens is 242 g/mol. The van der Waals surface area contributed by atoms with E-state index in [4.69, 9.17) is 4.74 Å². The van der Waals surface area contributed by atoms with Gasteiger partial charge in [-0.05, 0) is 20.8 Å². The predicted octanol–water partition coefficient (Wildman–Crippen LogP) is 1.99. The van der Waals surface area contributed by atoms with E-state index in [2.05, 4.69) is 25.3 Å². The summed E-state index contributed by atoms with van der Waals surface area (Å²) in [4.78, 5) is 17.3. The van der Waals surface area contributed by atoms with Gasteiger partial charge in [-0.15, -0.1) is 0 Å². The molecule has 0 fully saturated rings. The molecule has 0 aliphatic heterocycles. The molecule has 0 unspecified atom stereocenters. The van der Waals surface area contributed by atoms with Gasteiger partial charge in [0.1, 0.15) is 17.3 Å². The van der Waals surface area contributed by atoms with Gasteiger partial charge < -0.3 is 10.1 Å². The summed E-state index contributed by atoms with van der Waals surface area (Å²) in [5, 5.41) is 3.22. The number of hydrogen-bond donors (Lipinski definition) is 1. The standard InChI is InChI=1S/C13H17N5O/c1-5-14-12-8(2)10(17-9(3)18-12)11-13(19-4)16-7-6-15-11/h6-7H,5H2,1-4H3,(H,14,17,18). The first-order valence-corrected chi connectivity index (χ1v) is 6.11. The second-order valence-electron chi connectivity index (χ2n) is 4.04. The minimum absolute atomic E-state index is 0.464. The molecule has 19 heavy (non-hydrogen) atoms. The van der Waals surface area contributed by atoms with Gasteiger partial charge in [-0.2, -0.15) is 0 Å². The van der Waals surface area contributed by atoms with Crippen LogP contribution in [-0.4, -0.2) is 33.6 Å². The minimum Gasteiger partial charge on any atom is -0.479 e. The van der Waals surface area contributed by atoms with Crippen LogP contribution in [0.2, 0.25) is 0 Å². The number of aromatic nitrogens is 4. The van der Waals surface area contributed by atoms with Crippen molar-refractivity contribution in [1.82, 2.24) is 19.9 Å². The van der Waals surface area contributed by atoms with Crippen molar-refractivity contribution in [2.45, 2.75) is 20.8 Å². The highest BCUT2D eigenvalue weighted by Gasteiger charge is 2.16. The smallest absolute Gasteiger partial charge is 0.241 e. The van der Waals surface area contributed by atoms with Crippen molar-refractivity contribution in [2.75, 3.05) is 19.0 Å². The summed E-state index contributed by atoms with van der Waals surface area (Å²) in [6.45, 7) is 6.64. The van der Waals surface area contributed by atoms with Crippen LogP contribution in [0.4, 0.5) is 5.82 Å². The van der Waals surface area contributed by atoms with Crippen molar-refractivity contribution >= 4 is 5.82 Å². The molecule has 1 N–H and O–H groups in total. The number of methoxy groups -OCH3 is 1. The summed E-state index contributed by atoms with van der Waals surface area (Å²) < 4.78 is 5.24. The van der Waals surface area contributed by atoms with Crippen LogP contribution < -0.4 is 10.1 Å². The molecule has 2 aromatic heterocycles. The summed E-state index contributed by atoms with van der Waals surface area (Å²) >= 11 is 0. The number of anilines is 1. The van der Waals surface area contributed by atoms with Crippen molar-refractivity contribution in [1.29, 1.82) is 0 Å². The molecule has 0 aliphatic carbocycles. The Kier molecular flexibility index (Phi) is 3.89. The molecule has 6 nitrogen and oxygen atoms in total. The molecule has 0 spiro atoms. The van der Waals surface area contributed by atoms with E-state index in [9.17, 15) is 0 Å². The minimum atomic E-state index is 0.464. The average molecular weight is 259 g/mol. The van der Waals surface area contributed by atoms with Crippen LogP contribution in [0, 0.1) is 13.8 Å². The van der Waals surface area contributed by atoms with E-state index in [-0.39, 0.29) is 0 Å². The number of hydrogen-bond acceptors (Lipinski definition) is 6. The third kappa shape index (κ3) is 2.62. The zero-order valence-corrected chi connectivity index (χ0v) is 11.6. The Morgan fingerprint density at radius 1 is 1.11 bits per heavy atom. The normalized spacial score (nSPS) is 10.3. The van der Waals surface area contributed by atoms with Crippen LogP contribution in [-0.2, 0) is 0 Å². The molecule has 0 bridgehead atoms. The Hall–Kier alpha value is -2.24. The highest BCUT2D eigenvalue weighted by Crippen LogP contribution is 2.29. The zero-order valence-electron chi connectivity index (χ0n) is 11.6. The fourth-order valence-corrected chi connectivity index (χ4v) is 1.84. The van der Waals surface area contributed by atoms with Crippen molar-refractivity contribution in [3.05, 3.63) is 23.8 Å². The van der Waals surface area contributed by atoms with Gasteiger partial charge in [-0.1, -0.05) is 0 Å². The van der Waals surface area contributed by atoms with Crippen LogP contribution in [0.3, 0.4) is 0 Å². The molecule has 0 radical (unpaired) electrons. The second-order valence-corrected chi connectivity index (χ2v) is 4.04. The lowest BCUT2D eigenvalue weighted by Crippen LogP contribution is -2.07.